The molecule has 19 heavy (non-hydrogen) atoms. The molecule has 0 aromatic heterocycles. The molecule has 0 N–H and O–H groups in total. The van der Waals surface area contributed by atoms with Gasteiger partial charge in [0.25, 0.3) is 0 Å². The Balaban J connectivity index is 4.96. The Morgan fingerprint density at radius 1 is 0.947 bits per heavy atom. The Labute approximate surface area is 116 Å². The van der Waals surface area contributed by atoms with Gasteiger partial charge in [-0.1, -0.05) is 34.6 Å². The minimum Gasteiger partial charge on any atom is -0.211 e. The summed E-state index contributed by atoms with van der Waals surface area (Å²) in [5, 5.41) is 0. The lowest BCUT2D eigenvalue weighted by Crippen LogP contribution is -2.31. The Kier molecular flexibility index (Phi) is 9.03. The fourth-order valence-electron chi connectivity index (χ4n) is 2.97. The summed E-state index contributed by atoms with van der Waals surface area (Å²) in [4.78, 5) is 28.7. The summed E-state index contributed by atoms with van der Waals surface area (Å²) < 4.78 is 0. The van der Waals surface area contributed by atoms with Crippen molar-refractivity contribution in [3.63, 3.8) is 0 Å². The van der Waals surface area contributed by atoms with Crippen LogP contribution in [0.5, 0.6) is 0 Å². The van der Waals surface area contributed by atoms with E-state index in [2.05, 4.69) is 30.8 Å². The second-order valence-electron chi connectivity index (χ2n) is 5.51. The van der Waals surface area contributed by atoms with E-state index in [0.717, 1.165) is 19.3 Å². The van der Waals surface area contributed by atoms with Crippen LogP contribution < -0.4 is 0 Å². The molecule has 0 saturated carbocycles. The second-order valence-corrected chi connectivity index (χ2v) is 5.51. The number of carbonyl (C=O) groups excluding carboxylic acids is 2. The standard InChI is InChI=1S/C15H26N2O2/c1-6-13(16-9-18)8-12(5)15(11(3)4)14(7-2)17-10-19/h11-15H,6-8H2,1-5H3. The van der Waals surface area contributed by atoms with Crippen molar-refractivity contribution in [2.24, 2.45) is 27.7 Å². The summed E-state index contributed by atoms with van der Waals surface area (Å²) in [5.41, 5.74) is 0. The normalized spacial score (nSPS) is 16.9. The summed E-state index contributed by atoms with van der Waals surface area (Å²) in [7, 11) is 0. The molecule has 0 aliphatic heterocycles. The van der Waals surface area contributed by atoms with Gasteiger partial charge in [0, 0.05) is 0 Å². The van der Waals surface area contributed by atoms with Crippen molar-refractivity contribution in [3.8, 4) is 0 Å². The highest BCUT2D eigenvalue weighted by Gasteiger charge is 2.29. The zero-order valence-corrected chi connectivity index (χ0v) is 12.7. The highest BCUT2D eigenvalue weighted by atomic mass is 16.1. The van der Waals surface area contributed by atoms with Gasteiger partial charge in [0.15, 0.2) is 0 Å². The fraction of sp³-hybridized carbons (Fsp3) is 0.867. The van der Waals surface area contributed by atoms with Gasteiger partial charge in [-0.05, 0) is 37.0 Å². The average Bonchev–Trinajstić information content (AvgIpc) is 2.37. The van der Waals surface area contributed by atoms with Crippen LogP contribution in [-0.4, -0.2) is 24.2 Å². The quantitative estimate of drug-likeness (QED) is 0.473. The Bertz CT molecular complexity index is 342. The zero-order valence-electron chi connectivity index (χ0n) is 12.7. The summed E-state index contributed by atoms with van der Waals surface area (Å²) in [6, 6.07) is 0.0247. The number of isocyanates is 2. The summed E-state index contributed by atoms with van der Waals surface area (Å²) in [6.45, 7) is 10.5. The highest BCUT2D eigenvalue weighted by molar-refractivity contribution is 5.34. The summed E-state index contributed by atoms with van der Waals surface area (Å²) in [5.74, 6) is 1.08. The van der Waals surface area contributed by atoms with E-state index in [4.69, 9.17) is 0 Å². The Morgan fingerprint density at radius 3 is 1.89 bits per heavy atom. The number of aliphatic imine (C=N–C) groups is 2. The van der Waals surface area contributed by atoms with Gasteiger partial charge < -0.3 is 0 Å². The highest BCUT2D eigenvalue weighted by Crippen LogP contribution is 2.32. The van der Waals surface area contributed by atoms with E-state index in [-0.39, 0.29) is 12.1 Å². The van der Waals surface area contributed by atoms with Crippen LogP contribution in [0.25, 0.3) is 0 Å². The van der Waals surface area contributed by atoms with Gasteiger partial charge in [0.2, 0.25) is 12.2 Å². The van der Waals surface area contributed by atoms with Crippen LogP contribution in [0.2, 0.25) is 0 Å². The lowest BCUT2D eigenvalue weighted by atomic mass is 9.75. The maximum Gasteiger partial charge on any atom is 0.235 e. The molecule has 0 aliphatic carbocycles. The van der Waals surface area contributed by atoms with Crippen LogP contribution in [0, 0.1) is 17.8 Å². The average molecular weight is 266 g/mol. The first-order chi connectivity index (χ1) is 9.01. The van der Waals surface area contributed by atoms with Crippen LogP contribution in [0.3, 0.4) is 0 Å². The first-order valence-electron chi connectivity index (χ1n) is 7.15. The van der Waals surface area contributed by atoms with Gasteiger partial charge in [0.05, 0.1) is 12.1 Å². The molecule has 0 heterocycles. The van der Waals surface area contributed by atoms with Crippen molar-refractivity contribution in [3.05, 3.63) is 0 Å². The zero-order chi connectivity index (χ0) is 14.8. The lowest BCUT2D eigenvalue weighted by molar-refractivity contribution is 0.202. The van der Waals surface area contributed by atoms with Crippen LogP contribution in [0.4, 0.5) is 0 Å². The number of hydrogen-bond acceptors (Lipinski definition) is 4. The molecule has 0 aromatic rings. The van der Waals surface area contributed by atoms with E-state index in [9.17, 15) is 9.59 Å². The minimum absolute atomic E-state index is 0.00483. The van der Waals surface area contributed by atoms with Crippen LogP contribution in [0.1, 0.15) is 53.9 Å². The van der Waals surface area contributed by atoms with E-state index in [1.807, 2.05) is 13.8 Å². The molecule has 0 fully saturated rings. The van der Waals surface area contributed by atoms with Crippen molar-refractivity contribution >= 4 is 12.2 Å². The molecule has 0 spiro atoms. The topological polar surface area (TPSA) is 58.9 Å². The van der Waals surface area contributed by atoms with Gasteiger partial charge in [-0.25, -0.2) is 19.6 Å². The number of hydrogen-bond donors (Lipinski definition) is 0. The predicted molar refractivity (Wildman–Crippen MR) is 76.5 cm³/mol. The predicted octanol–water partition coefficient (Wildman–Crippen LogP) is 3.51. The molecule has 0 rings (SSSR count). The van der Waals surface area contributed by atoms with Crippen molar-refractivity contribution in [2.75, 3.05) is 0 Å². The largest absolute Gasteiger partial charge is 0.235 e. The van der Waals surface area contributed by atoms with Crippen LogP contribution >= 0.6 is 0 Å². The lowest BCUT2D eigenvalue weighted by Gasteiger charge is -2.32. The van der Waals surface area contributed by atoms with Gasteiger partial charge in [-0.3, -0.25) is 0 Å². The molecule has 4 nitrogen and oxygen atoms in total. The van der Waals surface area contributed by atoms with Gasteiger partial charge in [-0.15, -0.1) is 0 Å². The van der Waals surface area contributed by atoms with Crippen molar-refractivity contribution in [1.82, 2.24) is 0 Å². The maximum atomic E-state index is 10.5. The first kappa shape index (κ1) is 17.8. The molecular weight excluding hydrogens is 240 g/mol. The molecule has 0 radical (unpaired) electrons. The molecule has 0 aromatic carbocycles. The molecular formula is C15H26N2O2. The van der Waals surface area contributed by atoms with Crippen molar-refractivity contribution in [1.29, 1.82) is 0 Å². The first-order valence-corrected chi connectivity index (χ1v) is 7.15. The van der Waals surface area contributed by atoms with E-state index in [1.165, 1.54) is 0 Å². The van der Waals surface area contributed by atoms with E-state index in [0.29, 0.717) is 17.8 Å². The van der Waals surface area contributed by atoms with E-state index in [1.54, 1.807) is 12.2 Å². The third-order valence-corrected chi connectivity index (χ3v) is 3.86. The Morgan fingerprint density at radius 2 is 1.53 bits per heavy atom. The second kappa shape index (κ2) is 9.66. The number of rotatable bonds is 9. The smallest absolute Gasteiger partial charge is 0.211 e. The SMILES string of the molecule is CCC(CC(C)C(C(C)C)C(CC)N=C=O)N=C=O. The van der Waals surface area contributed by atoms with Crippen LogP contribution in [-0.2, 0) is 9.59 Å². The van der Waals surface area contributed by atoms with E-state index < -0.39 is 0 Å². The van der Waals surface area contributed by atoms with Crippen molar-refractivity contribution < 1.29 is 9.59 Å². The molecule has 4 heteroatoms. The third kappa shape index (κ3) is 5.96. The molecule has 0 bridgehead atoms. The molecule has 4 unspecified atom stereocenters. The van der Waals surface area contributed by atoms with Crippen molar-refractivity contribution in [2.45, 2.75) is 66.0 Å². The fourth-order valence-corrected chi connectivity index (χ4v) is 2.97. The maximum absolute atomic E-state index is 10.5. The van der Waals surface area contributed by atoms with E-state index >= 15 is 0 Å². The molecule has 0 aliphatic rings. The van der Waals surface area contributed by atoms with Gasteiger partial charge >= 0.3 is 0 Å². The Hall–Kier alpha value is -1.24. The summed E-state index contributed by atoms with van der Waals surface area (Å²) >= 11 is 0. The molecule has 0 saturated heterocycles. The molecule has 4 atom stereocenters. The minimum atomic E-state index is 0.00483. The monoisotopic (exact) mass is 266 g/mol. The molecule has 108 valence electrons. The molecule has 0 amide bonds. The van der Waals surface area contributed by atoms with Gasteiger partial charge in [0.1, 0.15) is 0 Å². The van der Waals surface area contributed by atoms with Crippen LogP contribution in [0.15, 0.2) is 9.98 Å². The third-order valence-electron chi connectivity index (χ3n) is 3.86. The van der Waals surface area contributed by atoms with Gasteiger partial charge in [-0.2, -0.15) is 0 Å². The summed E-state index contributed by atoms with van der Waals surface area (Å²) in [6.07, 6.45) is 5.83. The number of nitrogens with zero attached hydrogens (tertiary/aromatic N) is 2.